The Morgan fingerprint density at radius 1 is 1.12 bits per heavy atom. The molecule has 2 aromatic carbocycles. The van der Waals surface area contributed by atoms with E-state index in [1.807, 2.05) is 0 Å². The summed E-state index contributed by atoms with van der Waals surface area (Å²) in [6.45, 7) is 4.28. The summed E-state index contributed by atoms with van der Waals surface area (Å²) in [5, 5.41) is 13.5. The minimum absolute atomic E-state index is 0.287. The highest BCUT2D eigenvalue weighted by Crippen LogP contribution is 2.20. The smallest absolute Gasteiger partial charge is 0.123 e. The van der Waals surface area contributed by atoms with E-state index in [4.69, 9.17) is 0 Å². The lowest BCUT2D eigenvalue weighted by molar-refractivity contribution is 0.169. The fraction of sp³-hybridized carbons (Fsp3) is 0.300. The topological polar surface area (TPSA) is 35.5 Å². The lowest BCUT2D eigenvalue weighted by Crippen LogP contribution is -2.39. The Bertz CT molecular complexity index is 699. The maximum absolute atomic E-state index is 12.9. The van der Waals surface area contributed by atoms with Gasteiger partial charge in [0.2, 0.25) is 0 Å². The zero-order valence-electron chi connectivity index (χ0n) is 13.8. The van der Waals surface area contributed by atoms with E-state index in [1.165, 1.54) is 23.3 Å². The standard InChI is InChI=1S/C20H23FN2O/c1-15(23-11-10-16-4-2-3-5-18(16)14-23)12-22-13-20(24)17-6-8-19(21)9-7-17/h2-11,15,20,22,24H,12-14H2,1H3/t15-,20-/m1/s1. The quantitative estimate of drug-likeness (QED) is 0.855. The van der Waals surface area contributed by atoms with Crippen LogP contribution in [0.3, 0.4) is 0 Å². The van der Waals surface area contributed by atoms with Crippen LogP contribution in [0, 0.1) is 5.82 Å². The molecule has 1 heterocycles. The number of aliphatic hydroxyl groups is 1. The van der Waals surface area contributed by atoms with Crippen LogP contribution in [0.25, 0.3) is 6.08 Å². The molecule has 0 amide bonds. The van der Waals surface area contributed by atoms with Crippen molar-refractivity contribution in [3.05, 3.63) is 77.2 Å². The zero-order valence-corrected chi connectivity index (χ0v) is 13.8. The molecule has 0 fully saturated rings. The Morgan fingerprint density at radius 3 is 2.67 bits per heavy atom. The highest BCUT2D eigenvalue weighted by Gasteiger charge is 2.16. The van der Waals surface area contributed by atoms with Gasteiger partial charge in [-0.15, -0.1) is 0 Å². The number of rotatable bonds is 6. The summed E-state index contributed by atoms with van der Waals surface area (Å²) >= 11 is 0. The molecule has 1 aliphatic rings. The molecule has 3 rings (SSSR count). The van der Waals surface area contributed by atoms with Gasteiger partial charge >= 0.3 is 0 Å². The highest BCUT2D eigenvalue weighted by molar-refractivity contribution is 5.55. The van der Waals surface area contributed by atoms with Gasteiger partial charge in [-0.25, -0.2) is 4.39 Å². The Balaban J connectivity index is 1.48. The molecule has 0 spiro atoms. The number of nitrogens with one attached hydrogen (secondary N) is 1. The summed E-state index contributed by atoms with van der Waals surface area (Å²) < 4.78 is 12.9. The largest absolute Gasteiger partial charge is 0.387 e. The van der Waals surface area contributed by atoms with Crippen LogP contribution < -0.4 is 5.32 Å². The Morgan fingerprint density at radius 2 is 1.88 bits per heavy atom. The predicted molar refractivity (Wildman–Crippen MR) is 94.7 cm³/mol. The molecule has 0 aromatic heterocycles. The Labute approximate surface area is 142 Å². The third kappa shape index (κ3) is 4.02. The van der Waals surface area contributed by atoms with Crippen LogP contribution in [0.2, 0.25) is 0 Å². The van der Waals surface area contributed by atoms with Gasteiger partial charge in [0.25, 0.3) is 0 Å². The molecule has 3 nitrogen and oxygen atoms in total. The summed E-state index contributed by atoms with van der Waals surface area (Å²) in [7, 11) is 0. The summed E-state index contributed by atoms with van der Waals surface area (Å²) in [4.78, 5) is 2.29. The number of hydrogen-bond acceptors (Lipinski definition) is 3. The van der Waals surface area contributed by atoms with Crippen LogP contribution in [0.4, 0.5) is 4.39 Å². The number of fused-ring (bicyclic) bond motifs is 1. The van der Waals surface area contributed by atoms with Crippen LogP contribution in [0.1, 0.15) is 29.7 Å². The first-order valence-corrected chi connectivity index (χ1v) is 8.29. The number of aliphatic hydroxyl groups excluding tert-OH is 1. The maximum atomic E-state index is 12.9. The van der Waals surface area contributed by atoms with E-state index < -0.39 is 6.10 Å². The van der Waals surface area contributed by atoms with Crippen LogP contribution in [0.5, 0.6) is 0 Å². The van der Waals surface area contributed by atoms with Crippen LogP contribution in [-0.2, 0) is 6.54 Å². The second-order valence-electron chi connectivity index (χ2n) is 6.26. The third-order valence-corrected chi connectivity index (χ3v) is 4.45. The molecular formula is C20H23FN2O. The van der Waals surface area contributed by atoms with E-state index in [-0.39, 0.29) is 5.82 Å². The van der Waals surface area contributed by atoms with E-state index in [9.17, 15) is 9.50 Å². The van der Waals surface area contributed by atoms with Crippen molar-refractivity contribution in [3.63, 3.8) is 0 Å². The molecule has 0 aliphatic carbocycles. The van der Waals surface area contributed by atoms with E-state index in [0.717, 1.165) is 18.7 Å². The molecule has 2 atom stereocenters. The van der Waals surface area contributed by atoms with Gasteiger partial charge in [0, 0.05) is 31.9 Å². The first kappa shape index (κ1) is 16.7. The summed E-state index contributed by atoms with van der Waals surface area (Å²) in [5.74, 6) is -0.287. The minimum Gasteiger partial charge on any atom is -0.387 e. The van der Waals surface area contributed by atoms with Gasteiger partial charge in [0.05, 0.1) is 6.10 Å². The number of hydrogen-bond donors (Lipinski definition) is 2. The minimum atomic E-state index is -0.629. The lowest BCUT2D eigenvalue weighted by Gasteiger charge is -2.31. The van der Waals surface area contributed by atoms with Crippen LogP contribution >= 0.6 is 0 Å². The molecule has 2 aromatic rings. The molecule has 0 bridgehead atoms. The predicted octanol–water partition coefficient (Wildman–Crippen LogP) is 3.32. The first-order chi connectivity index (χ1) is 11.6. The van der Waals surface area contributed by atoms with Crippen molar-refractivity contribution in [2.75, 3.05) is 13.1 Å². The summed E-state index contributed by atoms with van der Waals surface area (Å²) in [6, 6.07) is 14.7. The van der Waals surface area contributed by atoms with Gasteiger partial charge in [-0.3, -0.25) is 0 Å². The van der Waals surface area contributed by atoms with E-state index in [1.54, 1.807) is 12.1 Å². The third-order valence-electron chi connectivity index (χ3n) is 4.45. The second kappa shape index (κ2) is 7.60. The monoisotopic (exact) mass is 326 g/mol. The zero-order chi connectivity index (χ0) is 16.9. The van der Waals surface area contributed by atoms with Crippen molar-refractivity contribution < 1.29 is 9.50 Å². The van der Waals surface area contributed by atoms with Gasteiger partial charge < -0.3 is 15.3 Å². The number of halogens is 1. The molecule has 2 N–H and O–H groups in total. The fourth-order valence-electron chi connectivity index (χ4n) is 2.92. The second-order valence-corrected chi connectivity index (χ2v) is 6.26. The average Bonchev–Trinajstić information content (AvgIpc) is 2.61. The normalized spacial score (nSPS) is 15.9. The molecule has 0 unspecified atom stereocenters. The van der Waals surface area contributed by atoms with Gasteiger partial charge in [-0.1, -0.05) is 36.4 Å². The average molecular weight is 326 g/mol. The summed E-state index contributed by atoms with van der Waals surface area (Å²) in [5.41, 5.74) is 3.34. The van der Waals surface area contributed by atoms with Crippen molar-refractivity contribution >= 4 is 6.08 Å². The van der Waals surface area contributed by atoms with Crippen molar-refractivity contribution in [1.29, 1.82) is 0 Å². The van der Waals surface area contributed by atoms with E-state index in [0.29, 0.717) is 12.6 Å². The Hall–Kier alpha value is -2.17. The molecule has 126 valence electrons. The molecule has 0 saturated heterocycles. The van der Waals surface area contributed by atoms with Crippen molar-refractivity contribution in [3.8, 4) is 0 Å². The molecule has 0 radical (unpaired) electrons. The van der Waals surface area contributed by atoms with Gasteiger partial charge in [0.15, 0.2) is 0 Å². The molecule has 0 saturated carbocycles. The van der Waals surface area contributed by atoms with Gasteiger partial charge in [0.1, 0.15) is 5.82 Å². The van der Waals surface area contributed by atoms with E-state index >= 15 is 0 Å². The van der Waals surface area contributed by atoms with E-state index in [2.05, 4.69) is 53.7 Å². The highest BCUT2D eigenvalue weighted by atomic mass is 19.1. The van der Waals surface area contributed by atoms with Crippen LogP contribution in [-0.4, -0.2) is 29.1 Å². The SMILES string of the molecule is C[C@H](CNC[C@@H](O)c1ccc(F)cc1)N1C=Cc2ccccc2C1. The van der Waals surface area contributed by atoms with Crippen molar-refractivity contribution in [2.45, 2.75) is 25.6 Å². The maximum Gasteiger partial charge on any atom is 0.123 e. The molecular weight excluding hydrogens is 303 g/mol. The number of nitrogens with zero attached hydrogens (tertiary/aromatic N) is 1. The first-order valence-electron chi connectivity index (χ1n) is 8.29. The molecule has 4 heteroatoms. The fourth-order valence-corrected chi connectivity index (χ4v) is 2.92. The lowest BCUT2D eigenvalue weighted by atomic mass is 10.0. The van der Waals surface area contributed by atoms with Crippen LogP contribution in [0.15, 0.2) is 54.7 Å². The Kier molecular flexibility index (Phi) is 5.28. The molecule has 24 heavy (non-hydrogen) atoms. The van der Waals surface area contributed by atoms with Gasteiger partial charge in [-0.05, 0) is 41.8 Å². The van der Waals surface area contributed by atoms with Crippen molar-refractivity contribution in [1.82, 2.24) is 10.2 Å². The molecule has 1 aliphatic heterocycles. The van der Waals surface area contributed by atoms with Gasteiger partial charge in [-0.2, -0.15) is 0 Å². The number of benzene rings is 2. The van der Waals surface area contributed by atoms with Crippen molar-refractivity contribution in [2.24, 2.45) is 0 Å². The summed E-state index contributed by atoms with van der Waals surface area (Å²) in [6.07, 6.45) is 3.64.